The van der Waals surface area contributed by atoms with Crippen LogP contribution in [0, 0.1) is 0 Å². The minimum atomic E-state index is -1.85. The number of phenolic OH excluding ortho intramolecular Hbond substituents is 6. The Hall–Kier alpha value is -4.76. The molecular formula is C28H28O14. The van der Waals surface area contributed by atoms with Crippen LogP contribution in [0.4, 0.5) is 0 Å². The molecule has 0 saturated carbocycles. The molecule has 224 valence electrons. The highest BCUT2D eigenvalue weighted by atomic mass is 16.7. The molecule has 0 unspecified atom stereocenters. The number of phenols is 6. The van der Waals surface area contributed by atoms with E-state index in [1.165, 1.54) is 12.1 Å². The number of aromatic hydroxyl groups is 6. The van der Waals surface area contributed by atoms with E-state index in [9.17, 15) is 55.5 Å². The van der Waals surface area contributed by atoms with Gasteiger partial charge in [0.05, 0.1) is 5.56 Å². The molecule has 3 aromatic rings. The maximum Gasteiger partial charge on any atom is 0.338 e. The summed E-state index contributed by atoms with van der Waals surface area (Å²) in [5.41, 5.74) is 0.00628. The summed E-state index contributed by atoms with van der Waals surface area (Å²) in [4.78, 5) is 25.0. The number of hydrogen-bond donors (Lipinski definition) is 9. The minimum absolute atomic E-state index is 0.0637. The monoisotopic (exact) mass is 588 g/mol. The first-order valence-electron chi connectivity index (χ1n) is 12.5. The highest BCUT2D eigenvalue weighted by Gasteiger charge is 2.45. The molecule has 4 rings (SSSR count). The highest BCUT2D eigenvalue weighted by Crippen LogP contribution is 2.37. The number of hydrogen-bond acceptors (Lipinski definition) is 14. The lowest BCUT2D eigenvalue weighted by atomic mass is 9.99. The molecule has 5 atom stereocenters. The first kappa shape index (κ1) is 30.2. The second-order valence-electron chi connectivity index (χ2n) is 9.52. The van der Waals surface area contributed by atoms with Crippen LogP contribution in [-0.2, 0) is 15.9 Å². The van der Waals surface area contributed by atoms with Crippen LogP contribution in [-0.4, -0.2) is 95.0 Å². The van der Waals surface area contributed by atoms with E-state index in [2.05, 4.69) is 0 Å². The molecule has 0 aliphatic carbocycles. The van der Waals surface area contributed by atoms with Crippen LogP contribution >= 0.6 is 0 Å². The molecular weight excluding hydrogens is 560 g/mol. The Balaban J connectivity index is 1.42. The molecule has 0 bridgehead atoms. The van der Waals surface area contributed by atoms with Crippen molar-refractivity contribution >= 4 is 11.8 Å². The Kier molecular flexibility index (Phi) is 8.92. The van der Waals surface area contributed by atoms with E-state index in [0.29, 0.717) is 0 Å². The zero-order chi connectivity index (χ0) is 30.7. The standard InChI is InChI=1S/C28H28O14/c29-14-4-1-12(2-5-14)3-6-16(30)22-17(31)9-15(10-18(22)32)41-28-26(38)25(37)24(36)21(42-28)11-40-27(39)13-7-19(33)23(35)20(34)8-13/h1-2,4-5,7-10,21,24-26,28-29,31-38H,3,6,11H2/t21-,24-,25+,26-,28+/m1/s1. The summed E-state index contributed by atoms with van der Waals surface area (Å²) in [6.07, 6.45) is -8.43. The van der Waals surface area contributed by atoms with Crippen LogP contribution in [0.15, 0.2) is 48.5 Å². The third-order valence-electron chi connectivity index (χ3n) is 6.53. The van der Waals surface area contributed by atoms with Crippen LogP contribution in [0.2, 0.25) is 0 Å². The van der Waals surface area contributed by atoms with Crippen LogP contribution in [0.25, 0.3) is 0 Å². The Morgan fingerprint density at radius 1 is 0.762 bits per heavy atom. The normalized spacial score (nSPS) is 21.9. The van der Waals surface area contributed by atoms with E-state index in [0.717, 1.165) is 29.8 Å². The van der Waals surface area contributed by atoms with Crippen molar-refractivity contribution in [3.05, 3.63) is 65.2 Å². The summed E-state index contributed by atoms with van der Waals surface area (Å²) in [7, 11) is 0. The van der Waals surface area contributed by atoms with Gasteiger partial charge in [-0.3, -0.25) is 4.79 Å². The van der Waals surface area contributed by atoms with Gasteiger partial charge in [0.2, 0.25) is 6.29 Å². The molecule has 3 aromatic carbocycles. The van der Waals surface area contributed by atoms with E-state index in [1.807, 2.05) is 0 Å². The maximum absolute atomic E-state index is 12.7. The molecule has 1 fully saturated rings. The molecule has 42 heavy (non-hydrogen) atoms. The molecule has 1 aliphatic heterocycles. The number of aryl methyl sites for hydroxylation is 1. The summed E-state index contributed by atoms with van der Waals surface area (Å²) in [6, 6.07) is 9.75. The summed E-state index contributed by atoms with van der Waals surface area (Å²) in [5, 5.41) is 89.8. The second-order valence-corrected chi connectivity index (χ2v) is 9.52. The smallest absolute Gasteiger partial charge is 0.338 e. The Morgan fingerprint density at radius 3 is 1.95 bits per heavy atom. The van der Waals surface area contributed by atoms with Gasteiger partial charge >= 0.3 is 5.97 Å². The van der Waals surface area contributed by atoms with Crippen LogP contribution in [0.1, 0.15) is 32.7 Å². The molecule has 0 spiro atoms. The number of rotatable bonds is 9. The molecule has 1 saturated heterocycles. The predicted octanol–water partition coefficient (Wildman–Crippen LogP) is 0.779. The zero-order valence-corrected chi connectivity index (χ0v) is 21.7. The second kappa shape index (κ2) is 12.4. The van der Waals surface area contributed by atoms with Crippen molar-refractivity contribution in [2.45, 2.75) is 43.5 Å². The zero-order valence-electron chi connectivity index (χ0n) is 21.7. The molecule has 0 radical (unpaired) electrons. The summed E-state index contributed by atoms with van der Waals surface area (Å²) >= 11 is 0. The van der Waals surface area contributed by atoms with Gasteiger partial charge in [-0.2, -0.15) is 0 Å². The van der Waals surface area contributed by atoms with E-state index in [4.69, 9.17) is 14.2 Å². The number of ether oxygens (including phenoxy) is 3. The third-order valence-corrected chi connectivity index (χ3v) is 6.53. The number of carbonyl (C=O) groups is 2. The van der Waals surface area contributed by atoms with Crippen LogP contribution in [0.3, 0.4) is 0 Å². The van der Waals surface area contributed by atoms with Gasteiger partial charge in [0.25, 0.3) is 0 Å². The Bertz CT molecular complexity index is 1410. The number of ketones is 1. The number of aliphatic hydroxyl groups is 3. The van der Waals surface area contributed by atoms with E-state index < -0.39 is 77.8 Å². The quantitative estimate of drug-likeness (QED) is 0.0953. The molecule has 1 aliphatic rings. The fourth-order valence-corrected chi connectivity index (χ4v) is 4.23. The molecule has 0 amide bonds. The summed E-state index contributed by atoms with van der Waals surface area (Å²) in [6.45, 7) is -0.697. The summed E-state index contributed by atoms with van der Waals surface area (Å²) < 4.78 is 15.9. The number of benzene rings is 3. The SMILES string of the molecule is O=C(OC[C@H]1O[C@H](Oc2cc(O)c(C(=O)CCc3ccc(O)cc3)c(O)c2)[C@H](O)[C@@H](O)[C@@H]1O)c1cc(O)c(O)c(O)c1. The van der Waals surface area contributed by atoms with Gasteiger partial charge in [0.1, 0.15) is 59.6 Å². The third kappa shape index (κ3) is 6.58. The summed E-state index contributed by atoms with van der Waals surface area (Å²) in [5.74, 6) is -5.62. The van der Waals surface area contributed by atoms with E-state index >= 15 is 0 Å². The van der Waals surface area contributed by atoms with Crippen molar-refractivity contribution < 1.29 is 69.8 Å². The Labute approximate surface area is 237 Å². The van der Waals surface area contributed by atoms with Gasteiger partial charge in [-0.15, -0.1) is 0 Å². The molecule has 14 nitrogen and oxygen atoms in total. The van der Waals surface area contributed by atoms with Gasteiger partial charge in [-0.1, -0.05) is 12.1 Å². The largest absolute Gasteiger partial charge is 0.508 e. The minimum Gasteiger partial charge on any atom is -0.508 e. The fraction of sp³-hybridized carbons (Fsp3) is 0.286. The van der Waals surface area contributed by atoms with E-state index in [1.54, 1.807) is 12.1 Å². The molecule has 14 heteroatoms. The lowest BCUT2D eigenvalue weighted by Crippen LogP contribution is -2.60. The van der Waals surface area contributed by atoms with Crippen molar-refractivity contribution in [1.29, 1.82) is 0 Å². The maximum atomic E-state index is 12.7. The topological polar surface area (TPSA) is 244 Å². The van der Waals surface area contributed by atoms with Crippen molar-refractivity contribution in [3.8, 4) is 40.2 Å². The van der Waals surface area contributed by atoms with Gasteiger partial charge < -0.3 is 60.2 Å². The molecule has 1 heterocycles. The molecule has 0 aromatic heterocycles. The van der Waals surface area contributed by atoms with Crippen LogP contribution in [0.5, 0.6) is 40.2 Å². The van der Waals surface area contributed by atoms with E-state index in [-0.39, 0.29) is 35.5 Å². The first-order chi connectivity index (χ1) is 19.8. The lowest BCUT2D eigenvalue weighted by Gasteiger charge is -2.39. The van der Waals surface area contributed by atoms with Crippen molar-refractivity contribution in [2.24, 2.45) is 0 Å². The first-order valence-corrected chi connectivity index (χ1v) is 12.5. The average molecular weight is 589 g/mol. The molecule has 9 N–H and O–H groups in total. The lowest BCUT2D eigenvalue weighted by molar-refractivity contribution is -0.277. The van der Waals surface area contributed by atoms with Crippen molar-refractivity contribution in [1.82, 2.24) is 0 Å². The van der Waals surface area contributed by atoms with Gasteiger partial charge in [-0.05, 0) is 36.2 Å². The van der Waals surface area contributed by atoms with Crippen molar-refractivity contribution in [3.63, 3.8) is 0 Å². The van der Waals surface area contributed by atoms with Gasteiger partial charge in [0, 0.05) is 18.6 Å². The number of aliphatic hydroxyl groups excluding tert-OH is 3. The van der Waals surface area contributed by atoms with Crippen LogP contribution < -0.4 is 4.74 Å². The average Bonchev–Trinajstić information content (AvgIpc) is 2.94. The van der Waals surface area contributed by atoms with Gasteiger partial charge in [0.15, 0.2) is 23.0 Å². The fourth-order valence-electron chi connectivity index (χ4n) is 4.23. The number of esters is 1. The van der Waals surface area contributed by atoms with Crippen molar-refractivity contribution in [2.75, 3.05) is 6.61 Å². The number of Topliss-reactive ketones (excluding diaryl/α,β-unsaturated/α-hetero) is 1. The predicted molar refractivity (Wildman–Crippen MR) is 140 cm³/mol. The highest BCUT2D eigenvalue weighted by molar-refractivity contribution is 6.01. The Morgan fingerprint density at radius 2 is 1.36 bits per heavy atom. The van der Waals surface area contributed by atoms with Gasteiger partial charge in [-0.25, -0.2) is 4.79 Å². The number of carbonyl (C=O) groups excluding carboxylic acids is 2.